The largest absolute Gasteiger partial charge is 0.525 e. The average Bonchev–Trinajstić information content (AvgIpc) is 2.70. The van der Waals surface area contributed by atoms with Crippen LogP contribution >= 0.6 is 0 Å². The molecular formula is C18H18F3NO8S. The summed E-state index contributed by atoms with van der Waals surface area (Å²) in [5, 5.41) is 11.0. The fraction of sp³-hybridized carbons (Fsp3) is 0.389. The molecule has 0 aromatic heterocycles. The van der Waals surface area contributed by atoms with Crippen molar-refractivity contribution in [3.8, 4) is 5.75 Å². The molecule has 0 bridgehead atoms. The van der Waals surface area contributed by atoms with E-state index >= 15 is 0 Å². The Bertz CT molecular complexity index is 1070. The number of alkyl halides is 3. The summed E-state index contributed by atoms with van der Waals surface area (Å²) in [4.78, 5) is 12.6. The van der Waals surface area contributed by atoms with E-state index in [2.05, 4.69) is 4.28 Å². The zero-order valence-electron chi connectivity index (χ0n) is 16.1. The molecule has 170 valence electrons. The highest BCUT2D eigenvalue weighted by Crippen LogP contribution is 2.40. The molecule has 0 saturated carbocycles. The van der Waals surface area contributed by atoms with Gasteiger partial charge in [0.05, 0.1) is 25.4 Å². The van der Waals surface area contributed by atoms with Crippen LogP contribution in [0.3, 0.4) is 0 Å². The van der Waals surface area contributed by atoms with Gasteiger partial charge in [0.2, 0.25) is 0 Å². The summed E-state index contributed by atoms with van der Waals surface area (Å²) >= 11 is 0. The fourth-order valence-electron chi connectivity index (χ4n) is 2.94. The van der Waals surface area contributed by atoms with E-state index in [1.807, 2.05) is 0 Å². The molecule has 31 heavy (non-hydrogen) atoms. The molecule has 1 amide bonds. The molecule has 1 heterocycles. The number of benzene rings is 2. The topological polar surface area (TPSA) is 112 Å². The van der Waals surface area contributed by atoms with E-state index < -0.39 is 27.8 Å². The lowest BCUT2D eigenvalue weighted by atomic mass is 9.94. The summed E-state index contributed by atoms with van der Waals surface area (Å²) in [6, 6.07) is 7.19. The molecule has 1 atom stereocenters. The molecule has 0 spiro atoms. The molecule has 1 aliphatic rings. The number of hydroxylamine groups is 2. The maximum atomic E-state index is 12.7. The molecule has 3 rings (SSSR count). The molecular weight excluding hydrogens is 447 g/mol. The van der Waals surface area contributed by atoms with Crippen molar-refractivity contribution in [1.29, 1.82) is 0 Å². The van der Waals surface area contributed by atoms with Gasteiger partial charge in [0.1, 0.15) is 12.4 Å². The van der Waals surface area contributed by atoms with Crippen molar-refractivity contribution in [3.63, 3.8) is 0 Å². The predicted molar refractivity (Wildman–Crippen MR) is 99.3 cm³/mol. The average molecular weight is 465 g/mol. The summed E-state index contributed by atoms with van der Waals surface area (Å²) < 4.78 is 80.5. The van der Waals surface area contributed by atoms with Crippen LogP contribution in [-0.4, -0.2) is 63.5 Å². The van der Waals surface area contributed by atoms with Gasteiger partial charge in [-0.15, -0.1) is 4.28 Å². The molecule has 2 aromatic rings. The summed E-state index contributed by atoms with van der Waals surface area (Å²) in [6.45, 7) is 1.09. The van der Waals surface area contributed by atoms with Crippen molar-refractivity contribution < 1.29 is 50.0 Å². The van der Waals surface area contributed by atoms with Crippen LogP contribution in [0.4, 0.5) is 13.2 Å². The lowest BCUT2D eigenvalue weighted by Gasteiger charge is -2.32. The number of carbonyl (C=O) groups is 1. The second-order valence-electron chi connectivity index (χ2n) is 6.35. The molecule has 13 heteroatoms. The highest BCUT2D eigenvalue weighted by molar-refractivity contribution is 7.87. The second-order valence-corrected chi connectivity index (χ2v) is 7.87. The van der Waals surface area contributed by atoms with Crippen LogP contribution in [0.2, 0.25) is 0 Å². The quantitative estimate of drug-likeness (QED) is 0.443. The normalized spacial score (nSPS) is 16.7. The molecule has 0 fully saturated rings. The zero-order valence-corrected chi connectivity index (χ0v) is 16.9. The summed E-state index contributed by atoms with van der Waals surface area (Å²) in [5.41, 5.74) is -5.97. The molecule has 1 N–H and O–H groups in total. The van der Waals surface area contributed by atoms with E-state index in [-0.39, 0.29) is 40.5 Å². The van der Waals surface area contributed by atoms with Gasteiger partial charge in [-0.1, -0.05) is 12.1 Å². The lowest BCUT2D eigenvalue weighted by molar-refractivity contribution is -0.151. The van der Waals surface area contributed by atoms with E-state index in [0.717, 1.165) is 0 Å². The number of aliphatic hydroxyl groups excluding tert-OH is 1. The number of carbonyl (C=O) groups excluding carboxylic acids is 1. The van der Waals surface area contributed by atoms with Crippen molar-refractivity contribution in [2.75, 3.05) is 33.5 Å². The molecule has 1 unspecified atom stereocenters. The van der Waals surface area contributed by atoms with Crippen molar-refractivity contribution in [1.82, 2.24) is 5.06 Å². The molecule has 1 aliphatic heterocycles. The summed E-state index contributed by atoms with van der Waals surface area (Å²) in [5.74, 6) is -1.01. The molecule has 0 radical (unpaired) electrons. The molecule has 0 saturated heterocycles. The molecule has 9 nitrogen and oxygen atoms in total. The standard InChI is InChI=1S/C18H18F3NO8S/c1-27-5-6-28-7-8-29-12-9-11-3-2-4-13-15(11)14(10-12)17(24)22(16(13)23)30-31(25,26)18(19,20)21/h2-4,9-10,17,24H,5-8H2,1H3. The Labute approximate surface area is 174 Å². The fourth-order valence-corrected chi connectivity index (χ4v) is 3.38. The number of ether oxygens (including phenoxy) is 3. The number of nitrogens with zero attached hydrogens (tertiary/aromatic N) is 1. The number of hydrogen-bond acceptors (Lipinski definition) is 8. The van der Waals surface area contributed by atoms with Crippen LogP contribution in [0.15, 0.2) is 30.3 Å². The minimum atomic E-state index is -6.18. The first-order valence-electron chi connectivity index (χ1n) is 8.85. The Hall–Kier alpha value is -2.45. The van der Waals surface area contributed by atoms with E-state index in [9.17, 15) is 31.5 Å². The third-order valence-electron chi connectivity index (χ3n) is 4.30. The first-order valence-corrected chi connectivity index (χ1v) is 10.3. The lowest BCUT2D eigenvalue weighted by Crippen LogP contribution is -2.42. The van der Waals surface area contributed by atoms with Crippen molar-refractivity contribution in [2.45, 2.75) is 11.7 Å². The monoisotopic (exact) mass is 465 g/mol. The van der Waals surface area contributed by atoms with E-state index in [1.165, 1.54) is 25.3 Å². The Morgan fingerprint density at radius 1 is 1.13 bits per heavy atom. The minimum absolute atomic E-state index is 0.0552. The first kappa shape index (κ1) is 23.2. The van der Waals surface area contributed by atoms with Crippen molar-refractivity contribution in [2.24, 2.45) is 0 Å². The Morgan fingerprint density at radius 3 is 2.52 bits per heavy atom. The second kappa shape index (κ2) is 8.96. The van der Waals surface area contributed by atoms with Gasteiger partial charge in [-0.05, 0) is 23.6 Å². The summed E-state index contributed by atoms with van der Waals surface area (Å²) in [7, 11) is -4.66. The molecule has 0 aliphatic carbocycles. The van der Waals surface area contributed by atoms with Crippen LogP contribution in [0.1, 0.15) is 22.1 Å². The highest BCUT2D eigenvalue weighted by atomic mass is 32.2. The van der Waals surface area contributed by atoms with E-state index in [4.69, 9.17) is 14.2 Å². The van der Waals surface area contributed by atoms with Gasteiger partial charge in [-0.3, -0.25) is 4.79 Å². The van der Waals surface area contributed by atoms with Gasteiger partial charge in [0, 0.05) is 18.1 Å². The van der Waals surface area contributed by atoms with Crippen molar-refractivity contribution in [3.05, 3.63) is 41.5 Å². The number of hydrogen-bond donors (Lipinski definition) is 1. The van der Waals surface area contributed by atoms with E-state index in [0.29, 0.717) is 18.6 Å². The number of amides is 1. The van der Waals surface area contributed by atoms with Crippen molar-refractivity contribution >= 4 is 26.8 Å². The minimum Gasteiger partial charge on any atom is -0.491 e. The Morgan fingerprint density at radius 2 is 1.84 bits per heavy atom. The zero-order chi connectivity index (χ0) is 22.8. The number of methoxy groups -OCH3 is 1. The number of halogens is 3. The highest BCUT2D eigenvalue weighted by Gasteiger charge is 2.51. The number of aliphatic hydroxyl groups is 1. The van der Waals surface area contributed by atoms with Gasteiger partial charge in [-0.2, -0.15) is 26.7 Å². The van der Waals surface area contributed by atoms with Crippen LogP contribution in [0.5, 0.6) is 5.75 Å². The Kier molecular flexibility index (Phi) is 6.71. The van der Waals surface area contributed by atoms with E-state index in [1.54, 1.807) is 12.1 Å². The smallest absolute Gasteiger partial charge is 0.491 e. The number of rotatable bonds is 9. The van der Waals surface area contributed by atoms with Crippen LogP contribution in [0.25, 0.3) is 10.8 Å². The third-order valence-corrected chi connectivity index (χ3v) is 5.23. The Balaban J connectivity index is 1.90. The van der Waals surface area contributed by atoms with Gasteiger partial charge >= 0.3 is 15.6 Å². The van der Waals surface area contributed by atoms with Gasteiger partial charge in [-0.25, -0.2) is 0 Å². The molecule has 2 aromatic carbocycles. The first-order chi connectivity index (χ1) is 14.6. The van der Waals surface area contributed by atoms with Crippen LogP contribution < -0.4 is 4.74 Å². The van der Waals surface area contributed by atoms with Gasteiger partial charge in [0.25, 0.3) is 5.91 Å². The van der Waals surface area contributed by atoms with Crippen LogP contribution in [-0.2, 0) is 23.9 Å². The predicted octanol–water partition coefficient (Wildman–Crippen LogP) is 2.11. The summed E-state index contributed by atoms with van der Waals surface area (Å²) in [6.07, 6.45) is -2.12. The maximum absolute atomic E-state index is 12.7. The van der Waals surface area contributed by atoms with Gasteiger partial charge in [0.15, 0.2) is 6.23 Å². The maximum Gasteiger partial charge on any atom is 0.525 e. The van der Waals surface area contributed by atoms with Crippen LogP contribution in [0, 0.1) is 0 Å². The van der Waals surface area contributed by atoms with Gasteiger partial charge < -0.3 is 19.3 Å². The third kappa shape index (κ3) is 4.75. The SMILES string of the molecule is COCCOCCOc1cc2c3c(cccc3c1)C(=O)N(OS(=O)(=O)C(F)(F)F)C2O.